The van der Waals surface area contributed by atoms with Gasteiger partial charge in [0.1, 0.15) is 0 Å². The fraction of sp³-hybridized carbons (Fsp3) is 0.552. The molecule has 2 fully saturated rings. The normalized spacial score (nSPS) is 24.1. The number of benzene rings is 2. The van der Waals surface area contributed by atoms with Crippen LogP contribution < -0.4 is 5.32 Å². The van der Waals surface area contributed by atoms with Gasteiger partial charge < -0.3 is 10.2 Å². The Labute approximate surface area is 219 Å². The van der Waals surface area contributed by atoms with Gasteiger partial charge in [-0.05, 0) is 93.8 Å². The van der Waals surface area contributed by atoms with E-state index < -0.39 is 40.8 Å². The molecule has 1 amide bonds. The zero-order valence-corrected chi connectivity index (χ0v) is 21.5. The summed E-state index contributed by atoms with van der Waals surface area (Å²) in [6.07, 6.45) is -3.19. The number of piperidine rings is 1. The fourth-order valence-electron chi connectivity index (χ4n) is 5.83. The molecule has 1 heterocycles. The molecule has 1 aliphatic carbocycles. The molecule has 4 rings (SSSR count). The van der Waals surface area contributed by atoms with Crippen LogP contribution in [-0.2, 0) is 22.7 Å². The molecule has 1 saturated carbocycles. The van der Waals surface area contributed by atoms with E-state index in [1.165, 1.54) is 26.2 Å². The van der Waals surface area contributed by atoms with Gasteiger partial charge in [-0.1, -0.05) is 36.8 Å². The minimum absolute atomic E-state index is 0.0865. The topological polar surface area (TPSA) is 32.3 Å². The molecule has 2 aromatic rings. The third-order valence-electron chi connectivity index (χ3n) is 8.12. The molecule has 0 unspecified atom stereocenters. The number of nitrogens with one attached hydrogen (secondary N) is 1. The van der Waals surface area contributed by atoms with Crippen LogP contribution in [-0.4, -0.2) is 30.4 Å². The summed E-state index contributed by atoms with van der Waals surface area (Å²) < 4.78 is 80.3. The Morgan fingerprint density at radius 2 is 1.47 bits per heavy atom. The molecule has 1 N–H and O–H groups in total. The number of hydrogen-bond donors (Lipinski definition) is 1. The molecular formula is C29H34F6N2O. The lowest BCUT2D eigenvalue weighted by atomic mass is 9.72. The molecule has 1 atom stereocenters. The molecule has 0 radical (unpaired) electrons. The number of amides is 1. The third kappa shape index (κ3) is 6.71. The average molecular weight is 541 g/mol. The minimum atomic E-state index is -4.97. The van der Waals surface area contributed by atoms with Gasteiger partial charge in [-0.25, -0.2) is 0 Å². The smallest absolute Gasteiger partial charge is 0.346 e. The van der Waals surface area contributed by atoms with Crippen LogP contribution >= 0.6 is 0 Å². The quantitative estimate of drug-likeness (QED) is 0.385. The first-order valence-electron chi connectivity index (χ1n) is 13.3. The fourth-order valence-corrected chi connectivity index (χ4v) is 5.83. The van der Waals surface area contributed by atoms with Gasteiger partial charge in [0.25, 0.3) is 0 Å². The molecule has 2 aliphatic rings. The van der Waals surface area contributed by atoms with Crippen LogP contribution in [0, 0.1) is 5.92 Å². The molecule has 3 nitrogen and oxygen atoms in total. The first-order valence-corrected chi connectivity index (χ1v) is 13.3. The van der Waals surface area contributed by atoms with Crippen LogP contribution in [0.25, 0.3) is 0 Å². The van der Waals surface area contributed by atoms with Crippen molar-refractivity contribution in [1.82, 2.24) is 10.2 Å². The van der Waals surface area contributed by atoms with Crippen molar-refractivity contribution in [1.29, 1.82) is 0 Å². The summed E-state index contributed by atoms with van der Waals surface area (Å²) in [4.78, 5) is 15.9. The standard InChI is InChI=1S/C29H34F6N2O/c1-20(22-16-24(28(30,31)32)18-25(17-22)29(33,34)35)26(38)36-27(23-8-4-2-5-9-23)12-10-21(11-13-27)19-37-14-6-3-7-15-37/h2,4-5,8-9,16-18,20-21H,3,6-7,10-15,19H2,1H3,(H,36,38)/t20-,21?,27?/m0/s1. The van der Waals surface area contributed by atoms with Gasteiger partial charge in [-0.3, -0.25) is 4.79 Å². The van der Waals surface area contributed by atoms with E-state index in [9.17, 15) is 31.1 Å². The van der Waals surface area contributed by atoms with Gasteiger partial charge in [0, 0.05) is 6.54 Å². The number of carbonyl (C=O) groups excluding carboxylic acids is 1. The highest BCUT2D eigenvalue weighted by Gasteiger charge is 2.41. The molecule has 9 heteroatoms. The van der Waals surface area contributed by atoms with Crippen LogP contribution in [0.5, 0.6) is 0 Å². The number of nitrogens with zero attached hydrogens (tertiary/aromatic N) is 1. The first kappa shape index (κ1) is 28.5. The lowest BCUT2D eigenvalue weighted by molar-refractivity contribution is -0.143. The summed E-state index contributed by atoms with van der Waals surface area (Å²) >= 11 is 0. The van der Waals surface area contributed by atoms with Gasteiger partial charge in [0.15, 0.2) is 0 Å². The Kier molecular flexibility index (Phi) is 8.45. The summed E-state index contributed by atoms with van der Waals surface area (Å²) in [5.41, 5.74) is -2.97. The maximum atomic E-state index is 13.4. The van der Waals surface area contributed by atoms with E-state index in [2.05, 4.69) is 10.2 Å². The van der Waals surface area contributed by atoms with Crippen molar-refractivity contribution in [2.24, 2.45) is 5.92 Å². The second-order valence-electron chi connectivity index (χ2n) is 10.8. The van der Waals surface area contributed by atoms with Crippen molar-refractivity contribution in [3.05, 3.63) is 70.8 Å². The van der Waals surface area contributed by atoms with E-state index in [-0.39, 0.29) is 11.6 Å². The summed E-state index contributed by atoms with van der Waals surface area (Å²) in [5, 5.41) is 3.07. The van der Waals surface area contributed by atoms with Crippen molar-refractivity contribution in [3.63, 3.8) is 0 Å². The van der Waals surface area contributed by atoms with Gasteiger partial charge in [-0.2, -0.15) is 26.3 Å². The number of alkyl halides is 6. The van der Waals surface area contributed by atoms with Crippen molar-refractivity contribution in [2.75, 3.05) is 19.6 Å². The second kappa shape index (κ2) is 11.3. The summed E-state index contributed by atoms with van der Waals surface area (Å²) in [5.74, 6) is -1.31. The maximum Gasteiger partial charge on any atom is 0.416 e. The monoisotopic (exact) mass is 540 g/mol. The van der Waals surface area contributed by atoms with E-state index in [0.29, 0.717) is 30.9 Å². The highest BCUT2D eigenvalue weighted by molar-refractivity contribution is 5.84. The van der Waals surface area contributed by atoms with E-state index in [1.807, 2.05) is 30.3 Å². The van der Waals surface area contributed by atoms with Crippen molar-refractivity contribution < 1.29 is 31.1 Å². The van der Waals surface area contributed by atoms with Crippen molar-refractivity contribution >= 4 is 5.91 Å². The Hall–Kier alpha value is -2.55. The average Bonchev–Trinajstić information content (AvgIpc) is 2.89. The molecule has 1 saturated heterocycles. The Balaban J connectivity index is 1.55. The van der Waals surface area contributed by atoms with E-state index >= 15 is 0 Å². The zero-order chi connectivity index (χ0) is 27.6. The van der Waals surface area contributed by atoms with Crippen LogP contribution in [0.1, 0.15) is 80.0 Å². The Bertz CT molecular complexity index is 1050. The minimum Gasteiger partial charge on any atom is -0.346 e. The first-order chi connectivity index (χ1) is 17.9. The molecule has 38 heavy (non-hydrogen) atoms. The number of halogens is 6. The lowest BCUT2D eigenvalue weighted by Crippen LogP contribution is -2.50. The van der Waals surface area contributed by atoms with Crippen LogP contribution in [0.2, 0.25) is 0 Å². The number of carbonyl (C=O) groups is 1. The predicted octanol–water partition coefficient (Wildman–Crippen LogP) is 7.52. The van der Waals surface area contributed by atoms with Gasteiger partial charge in [0.05, 0.1) is 22.6 Å². The van der Waals surface area contributed by atoms with Crippen LogP contribution in [0.4, 0.5) is 26.3 Å². The summed E-state index contributed by atoms with van der Waals surface area (Å²) in [6, 6.07) is 10.8. The molecular weight excluding hydrogens is 506 g/mol. The summed E-state index contributed by atoms with van der Waals surface area (Å²) in [7, 11) is 0. The summed E-state index contributed by atoms with van der Waals surface area (Å²) in [6.45, 7) is 4.57. The van der Waals surface area contributed by atoms with E-state index in [4.69, 9.17) is 0 Å². The largest absolute Gasteiger partial charge is 0.416 e. The number of hydrogen-bond acceptors (Lipinski definition) is 2. The molecule has 2 aromatic carbocycles. The van der Waals surface area contributed by atoms with Gasteiger partial charge >= 0.3 is 12.4 Å². The molecule has 208 valence electrons. The van der Waals surface area contributed by atoms with Crippen LogP contribution in [0.3, 0.4) is 0 Å². The second-order valence-corrected chi connectivity index (χ2v) is 10.8. The predicted molar refractivity (Wildman–Crippen MR) is 133 cm³/mol. The molecule has 0 bridgehead atoms. The zero-order valence-electron chi connectivity index (χ0n) is 21.5. The molecule has 0 spiro atoms. The third-order valence-corrected chi connectivity index (χ3v) is 8.12. The van der Waals surface area contributed by atoms with E-state index in [0.717, 1.165) is 38.0 Å². The lowest BCUT2D eigenvalue weighted by Gasteiger charge is -2.43. The van der Waals surface area contributed by atoms with Gasteiger partial charge in [0.2, 0.25) is 5.91 Å². The van der Waals surface area contributed by atoms with Gasteiger partial charge in [-0.15, -0.1) is 0 Å². The Morgan fingerprint density at radius 1 is 0.921 bits per heavy atom. The van der Waals surface area contributed by atoms with Crippen molar-refractivity contribution in [2.45, 2.75) is 75.7 Å². The molecule has 1 aliphatic heterocycles. The Morgan fingerprint density at radius 3 is 2.00 bits per heavy atom. The highest BCUT2D eigenvalue weighted by atomic mass is 19.4. The van der Waals surface area contributed by atoms with Crippen LogP contribution in [0.15, 0.2) is 48.5 Å². The number of rotatable bonds is 6. The number of likely N-dealkylation sites (tertiary alicyclic amines) is 1. The SMILES string of the molecule is C[C@H](C(=O)NC1(c2ccccc2)CCC(CN2CCCCC2)CC1)c1cc(C(F)(F)F)cc(C(F)(F)F)c1. The highest BCUT2D eigenvalue weighted by Crippen LogP contribution is 2.42. The molecule has 0 aromatic heterocycles. The van der Waals surface area contributed by atoms with Crippen molar-refractivity contribution in [3.8, 4) is 0 Å². The maximum absolute atomic E-state index is 13.4. The van der Waals surface area contributed by atoms with E-state index in [1.54, 1.807) is 0 Å².